The number of pyridine rings is 1. The lowest BCUT2D eigenvalue weighted by Gasteiger charge is -2.16. The summed E-state index contributed by atoms with van der Waals surface area (Å²) in [5.74, 6) is -3.20. The van der Waals surface area contributed by atoms with Crippen LogP contribution in [0.2, 0.25) is 0 Å². The van der Waals surface area contributed by atoms with Gasteiger partial charge in [-0.25, -0.2) is 4.98 Å². The first-order valence-corrected chi connectivity index (χ1v) is 10.5. The normalized spacial score (nSPS) is 12.4. The zero-order valence-electron chi connectivity index (χ0n) is 16.6. The van der Waals surface area contributed by atoms with Crippen molar-refractivity contribution in [3.8, 4) is 5.75 Å². The lowest BCUT2D eigenvalue weighted by molar-refractivity contribution is -0.135. The molecule has 4 rings (SSSR count). The van der Waals surface area contributed by atoms with Crippen LogP contribution in [-0.4, -0.2) is 49.0 Å². The predicted octanol–water partition coefficient (Wildman–Crippen LogP) is 1.03. The topological polar surface area (TPSA) is 142 Å². The number of benzene rings is 1. The number of nitrogens with zero attached hydrogens (tertiary/aromatic N) is 3. The van der Waals surface area contributed by atoms with E-state index in [0.717, 1.165) is 5.56 Å². The van der Waals surface area contributed by atoms with Crippen molar-refractivity contribution in [2.45, 2.75) is 19.6 Å². The van der Waals surface area contributed by atoms with Crippen molar-refractivity contribution in [3.63, 3.8) is 0 Å². The Kier molecular flexibility index (Phi) is 5.73. The number of amides is 2. The highest BCUT2D eigenvalue weighted by atomic mass is 32.1. The minimum Gasteiger partial charge on any atom is -0.506 e. The summed E-state index contributed by atoms with van der Waals surface area (Å²) in [4.78, 5) is 54.8. The standard InChI is InChI=1S/C21H18N4O6S/c26-16(27)6-22-19(29)17-18(28)13-8-24(20(30)14-10-32-11-23-14)9-15(13)25(21(17)31)7-12-4-2-1-3-5-12/h1-5,10-11,28H,6-9H2,(H,22,29)(H,26,27). The molecule has 11 heteroatoms. The summed E-state index contributed by atoms with van der Waals surface area (Å²) >= 11 is 1.27. The number of aliphatic carboxylic acids is 1. The number of carboxylic acid groups (broad SMARTS) is 1. The summed E-state index contributed by atoms with van der Waals surface area (Å²) < 4.78 is 1.34. The molecule has 0 fully saturated rings. The Labute approximate surface area is 185 Å². The molecular weight excluding hydrogens is 436 g/mol. The van der Waals surface area contributed by atoms with E-state index in [4.69, 9.17) is 5.11 Å². The molecule has 3 aromatic rings. The maximum absolute atomic E-state index is 13.2. The number of rotatable bonds is 6. The molecule has 1 aliphatic rings. The third-order valence-corrected chi connectivity index (χ3v) is 5.68. The van der Waals surface area contributed by atoms with Gasteiger partial charge in [-0.05, 0) is 5.56 Å². The predicted molar refractivity (Wildman–Crippen MR) is 114 cm³/mol. The summed E-state index contributed by atoms with van der Waals surface area (Å²) in [7, 11) is 0. The fourth-order valence-electron chi connectivity index (χ4n) is 3.59. The van der Waals surface area contributed by atoms with Crippen LogP contribution in [0.1, 0.15) is 37.7 Å². The van der Waals surface area contributed by atoms with E-state index in [1.165, 1.54) is 26.3 Å². The number of fused-ring (bicyclic) bond motifs is 1. The second-order valence-electron chi connectivity index (χ2n) is 7.14. The highest BCUT2D eigenvalue weighted by Crippen LogP contribution is 2.32. The van der Waals surface area contributed by atoms with Crippen LogP contribution in [0.3, 0.4) is 0 Å². The fourth-order valence-corrected chi connectivity index (χ4v) is 4.12. The van der Waals surface area contributed by atoms with Crippen LogP contribution >= 0.6 is 11.3 Å². The maximum atomic E-state index is 13.2. The second-order valence-corrected chi connectivity index (χ2v) is 7.86. The van der Waals surface area contributed by atoms with Gasteiger partial charge in [0, 0.05) is 16.6 Å². The molecule has 3 N–H and O–H groups in total. The highest BCUT2D eigenvalue weighted by molar-refractivity contribution is 7.07. The third-order valence-electron chi connectivity index (χ3n) is 5.09. The number of hydrogen-bond acceptors (Lipinski definition) is 7. The molecule has 10 nitrogen and oxygen atoms in total. The zero-order valence-corrected chi connectivity index (χ0v) is 17.5. The van der Waals surface area contributed by atoms with Gasteiger partial charge in [0.15, 0.2) is 0 Å². The summed E-state index contributed by atoms with van der Waals surface area (Å²) in [6.45, 7) is -0.563. The molecule has 1 aromatic carbocycles. The van der Waals surface area contributed by atoms with Crippen LogP contribution < -0.4 is 10.9 Å². The molecule has 0 aliphatic carbocycles. The van der Waals surface area contributed by atoms with Gasteiger partial charge in [0.1, 0.15) is 23.6 Å². The number of carbonyl (C=O) groups excluding carboxylic acids is 2. The molecule has 1 aliphatic heterocycles. The molecule has 164 valence electrons. The van der Waals surface area contributed by atoms with Gasteiger partial charge in [0.25, 0.3) is 17.4 Å². The molecule has 3 heterocycles. The van der Waals surface area contributed by atoms with E-state index >= 15 is 0 Å². The maximum Gasteiger partial charge on any atom is 0.322 e. The van der Waals surface area contributed by atoms with Gasteiger partial charge in [-0.3, -0.25) is 19.2 Å². The SMILES string of the molecule is O=C(O)CNC(=O)c1c(O)c2c(n(Cc3ccccc3)c1=O)CN(C(=O)c1cscn1)C2. The first-order chi connectivity index (χ1) is 15.4. The molecular formula is C21H18N4O6S. The molecule has 0 spiro atoms. The molecule has 2 aromatic heterocycles. The smallest absolute Gasteiger partial charge is 0.322 e. The summed E-state index contributed by atoms with van der Waals surface area (Å²) in [6.07, 6.45) is 0. The van der Waals surface area contributed by atoms with Gasteiger partial charge in [-0.15, -0.1) is 11.3 Å². The van der Waals surface area contributed by atoms with Crippen LogP contribution in [0, 0.1) is 0 Å². The molecule has 0 bridgehead atoms. The summed E-state index contributed by atoms with van der Waals surface area (Å²) in [5, 5.41) is 23.3. The quantitative estimate of drug-likeness (QED) is 0.505. The number of carboxylic acids is 1. The monoisotopic (exact) mass is 454 g/mol. The van der Waals surface area contributed by atoms with Crippen LogP contribution in [0.4, 0.5) is 0 Å². The van der Waals surface area contributed by atoms with E-state index in [1.807, 2.05) is 18.2 Å². The van der Waals surface area contributed by atoms with Crippen molar-refractivity contribution in [2.24, 2.45) is 0 Å². The lowest BCUT2D eigenvalue weighted by Crippen LogP contribution is -2.37. The molecule has 0 atom stereocenters. The molecule has 32 heavy (non-hydrogen) atoms. The number of aromatic nitrogens is 2. The molecule has 0 saturated heterocycles. The van der Waals surface area contributed by atoms with Crippen LogP contribution in [-0.2, 0) is 24.4 Å². The van der Waals surface area contributed by atoms with Gasteiger partial charge < -0.3 is 25.0 Å². The van der Waals surface area contributed by atoms with Crippen molar-refractivity contribution in [1.82, 2.24) is 19.8 Å². The number of thiazole rings is 1. The van der Waals surface area contributed by atoms with E-state index in [0.29, 0.717) is 5.69 Å². The number of hydrogen-bond donors (Lipinski definition) is 3. The van der Waals surface area contributed by atoms with Crippen molar-refractivity contribution in [3.05, 3.63) is 79.7 Å². The lowest BCUT2D eigenvalue weighted by atomic mass is 10.1. The van der Waals surface area contributed by atoms with E-state index < -0.39 is 35.3 Å². The Balaban J connectivity index is 1.78. The van der Waals surface area contributed by atoms with Gasteiger partial charge in [-0.2, -0.15) is 0 Å². The van der Waals surface area contributed by atoms with Crippen molar-refractivity contribution in [2.75, 3.05) is 6.54 Å². The molecule has 0 radical (unpaired) electrons. The van der Waals surface area contributed by atoms with Crippen LogP contribution in [0.25, 0.3) is 0 Å². The molecule has 2 amide bonds. The first-order valence-electron chi connectivity index (χ1n) is 9.55. The van der Waals surface area contributed by atoms with E-state index in [9.17, 15) is 24.3 Å². The Morgan fingerprint density at radius 2 is 1.91 bits per heavy atom. The van der Waals surface area contributed by atoms with Crippen LogP contribution in [0.5, 0.6) is 5.75 Å². The first kappa shape index (κ1) is 21.2. The van der Waals surface area contributed by atoms with E-state index in [2.05, 4.69) is 10.3 Å². The van der Waals surface area contributed by atoms with Crippen molar-refractivity contribution in [1.29, 1.82) is 0 Å². The minimum atomic E-state index is -1.29. The van der Waals surface area contributed by atoms with Gasteiger partial charge in [0.05, 0.1) is 25.1 Å². The summed E-state index contributed by atoms with van der Waals surface area (Å²) in [5.41, 5.74) is 1.92. The fraction of sp³-hybridized carbons (Fsp3) is 0.190. The zero-order chi connectivity index (χ0) is 22.8. The number of aromatic hydroxyl groups is 1. The average molecular weight is 454 g/mol. The second kappa shape index (κ2) is 8.63. The third kappa shape index (κ3) is 3.97. The number of carbonyl (C=O) groups is 3. The summed E-state index contributed by atoms with van der Waals surface area (Å²) in [6, 6.07) is 9.05. The van der Waals surface area contributed by atoms with Crippen LogP contribution in [0.15, 0.2) is 46.0 Å². The van der Waals surface area contributed by atoms with Gasteiger partial charge in [-0.1, -0.05) is 30.3 Å². The van der Waals surface area contributed by atoms with Gasteiger partial charge in [0.2, 0.25) is 0 Å². The Morgan fingerprint density at radius 1 is 1.16 bits per heavy atom. The minimum absolute atomic E-state index is 0.0220. The van der Waals surface area contributed by atoms with E-state index in [1.54, 1.807) is 17.5 Å². The Bertz CT molecular complexity index is 1250. The highest BCUT2D eigenvalue weighted by Gasteiger charge is 2.34. The Hall–Kier alpha value is -3.99. The van der Waals surface area contributed by atoms with Gasteiger partial charge >= 0.3 is 5.97 Å². The molecule has 0 saturated carbocycles. The number of nitrogens with one attached hydrogen (secondary N) is 1. The largest absolute Gasteiger partial charge is 0.506 e. The molecule has 0 unspecified atom stereocenters. The van der Waals surface area contributed by atoms with Crippen molar-refractivity contribution < 1.29 is 24.6 Å². The van der Waals surface area contributed by atoms with Crippen molar-refractivity contribution >= 4 is 29.1 Å². The van der Waals surface area contributed by atoms with E-state index in [-0.39, 0.29) is 36.8 Å². The Morgan fingerprint density at radius 3 is 2.56 bits per heavy atom. The average Bonchev–Trinajstić information content (AvgIpc) is 3.46.